The van der Waals surface area contributed by atoms with Crippen molar-refractivity contribution < 1.29 is 18.0 Å². The van der Waals surface area contributed by atoms with E-state index in [1.807, 2.05) is 13.8 Å². The Hall–Kier alpha value is -2.90. The molecule has 3 aromatic rings. The van der Waals surface area contributed by atoms with Gasteiger partial charge in [-0.2, -0.15) is 18.3 Å². The van der Waals surface area contributed by atoms with Crippen LogP contribution >= 0.6 is 0 Å². The normalized spacial score (nSPS) is 11.9. The zero-order chi connectivity index (χ0) is 18.9. The number of nitrogens with one attached hydrogen (secondary N) is 1. The Morgan fingerprint density at radius 3 is 2.69 bits per heavy atom. The number of rotatable bonds is 4. The van der Waals surface area contributed by atoms with Gasteiger partial charge in [0, 0.05) is 24.2 Å². The number of nitrogens with zero attached hydrogens (tertiary/aromatic N) is 3. The molecule has 0 saturated carbocycles. The first kappa shape index (κ1) is 17.9. The van der Waals surface area contributed by atoms with Gasteiger partial charge in [-0.25, -0.2) is 9.67 Å². The van der Waals surface area contributed by atoms with Gasteiger partial charge in [0.15, 0.2) is 5.65 Å². The summed E-state index contributed by atoms with van der Waals surface area (Å²) < 4.78 is 40.0. The molecule has 1 amide bonds. The van der Waals surface area contributed by atoms with Crippen molar-refractivity contribution in [2.75, 3.05) is 0 Å². The Balaban J connectivity index is 1.73. The first-order chi connectivity index (χ1) is 12.3. The van der Waals surface area contributed by atoms with E-state index in [0.717, 1.165) is 17.5 Å². The number of pyridine rings is 1. The monoisotopic (exact) mass is 362 g/mol. The molecule has 1 N–H and O–H groups in total. The number of benzene rings is 1. The quantitative estimate of drug-likeness (QED) is 0.764. The van der Waals surface area contributed by atoms with Gasteiger partial charge < -0.3 is 5.32 Å². The van der Waals surface area contributed by atoms with Crippen LogP contribution in [-0.2, 0) is 12.7 Å². The summed E-state index contributed by atoms with van der Waals surface area (Å²) in [4.78, 5) is 16.6. The van der Waals surface area contributed by atoms with E-state index in [4.69, 9.17) is 0 Å². The van der Waals surface area contributed by atoms with Gasteiger partial charge in [-0.1, -0.05) is 12.1 Å². The molecular weight excluding hydrogens is 345 g/mol. The first-order valence-corrected chi connectivity index (χ1v) is 8.03. The molecular formula is C18H17F3N4O. The van der Waals surface area contributed by atoms with Crippen LogP contribution in [0.2, 0.25) is 0 Å². The molecule has 0 fully saturated rings. The van der Waals surface area contributed by atoms with Crippen LogP contribution in [0.25, 0.3) is 11.0 Å². The average molecular weight is 362 g/mol. The summed E-state index contributed by atoms with van der Waals surface area (Å²) in [5.74, 6) is -0.408. The number of alkyl halides is 3. The second-order valence-electron chi connectivity index (χ2n) is 6.20. The van der Waals surface area contributed by atoms with Crippen molar-refractivity contribution in [2.45, 2.75) is 32.6 Å². The molecule has 136 valence electrons. The van der Waals surface area contributed by atoms with E-state index in [9.17, 15) is 18.0 Å². The lowest BCUT2D eigenvalue weighted by Gasteiger charge is -2.10. The molecule has 8 heteroatoms. The van der Waals surface area contributed by atoms with Crippen molar-refractivity contribution in [1.29, 1.82) is 0 Å². The van der Waals surface area contributed by atoms with E-state index in [-0.39, 0.29) is 12.6 Å². The van der Waals surface area contributed by atoms with E-state index in [1.165, 1.54) is 18.3 Å². The lowest BCUT2D eigenvalue weighted by Crippen LogP contribution is -2.23. The summed E-state index contributed by atoms with van der Waals surface area (Å²) in [5.41, 5.74) is 0.630. The molecule has 5 nitrogen and oxygen atoms in total. The van der Waals surface area contributed by atoms with Crippen LogP contribution in [0.4, 0.5) is 13.2 Å². The SMILES string of the molecule is CC(C)n1ncc2cc(C(=O)NCc3cccc(C(F)(F)F)c3)cnc21. The third-order valence-corrected chi connectivity index (χ3v) is 3.89. The second kappa shape index (κ2) is 6.78. The van der Waals surface area contributed by atoms with Crippen molar-refractivity contribution in [2.24, 2.45) is 0 Å². The molecule has 0 saturated heterocycles. The van der Waals surface area contributed by atoms with Crippen LogP contribution < -0.4 is 5.32 Å². The lowest BCUT2D eigenvalue weighted by atomic mass is 10.1. The number of carbonyl (C=O) groups is 1. The highest BCUT2D eigenvalue weighted by Gasteiger charge is 2.30. The van der Waals surface area contributed by atoms with Crippen LogP contribution in [-0.4, -0.2) is 20.7 Å². The number of hydrogen-bond donors (Lipinski definition) is 1. The fraction of sp³-hybridized carbons (Fsp3) is 0.278. The third kappa shape index (κ3) is 3.68. The van der Waals surface area contributed by atoms with E-state index in [2.05, 4.69) is 15.4 Å². The molecule has 1 aromatic carbocycles. The fourth-order valence-corrected chi connectivity index (χ4v) is 2.58. The van der Waals surface area contributed by atoms with Crippen LogP contribution in [0.5, 0.6) is 0 Å². The van der Waals surface area contributed by atoms with Gasteiger partial charge in [-0.15, -0.1) is 0 Å². The Morgan fingerprint density at radius 1 is 1.23 bits per heavy atom. The number of aromatic nitrogens is 3. The molecule has 0 aliphatic heterocycles. The predicted octanol–water partition coefficient (Wildman–Crippen LogP) is 3.96. The zero-order valence-electron chi connectivity index (χ0n) is 14.2. The molecule has 0 aliphatic rings. The summed E-state index contributed by atoms with van der Waals surface area (Å²) in [5, 5.41) is 7.58. The molecule has 0 unspecified atom stereocenters. The van der Waals surface area contributed by atoms with E-state index >= 15 is 0 Å². The lowest BCUT2D eigenvalue weighted by molar-refractivity contribution is -0.137. The maximum Gasteiger partial charge on any atom is 0.416 e. The van der Waals surface area contributed by atoms with Crippen LogP contribution in [0.15, 0.2) is 42.7 Å². The highest BCUT2D eigenvalue weighted by atomic mass is 19.4. The third-order valence-electron chi connectivity index (χ3n) is 3.89. The molecule has 0 spiro atoms. The largest absolute Gasteiger partial charge is 0.416 e. The van der Waals surface area contributed by atoms with Crippen molar-refractivity contribution in [3.05, 3.63) is 59.4 Å². The highest BCUT2D eigenvalue weighted by molar-refractivity contribution is 5.96. The number of hydrogen-bond acceptors (Lipinski definition) is 3. The Kier molecular flexibility index (Phi) is 4.67. The summed E-state index contributed by atoms with van der Waals surface area (Å²) in [7, 11) is 0. The van der Waals surface area contributed by atoms with Crippen molar-refractivity contribution in [3.63, 3.8) is 0 Å². The Morgan fingerprint density at radius 2 is 2.00 bits per heavy atom. The van der Waals surface area contributed by atoms with Gasteiger partial charge in [0.05, 0.1) is 17.3 Å². The summed E-state index contributed by atoms with van der Waals surface area (Å²) in [6.07, 6.45) is -1.35. The fourth-order valence-electron chi connectivity index (χ4n) is 2.58. The topological polar surface area (TPSA) is 59.8 Å². The maximum atomic E-state index is 12.7. The second-order valence-corrected chi connectivity index (χ2v) is 6.20. The van der Waals surface area contributed by atoms with E-state index < -0.39 is 17.6 Å². The molecule has 0 atom stereocenters. The number of amides is 1. The minimum atomic E-state index is -4.41. The predicted molar refractivity (Wildman–Crippen MR) is 90.5 cm³/mol. The van der Waals surface area contributed by atoms with Crippen molar-refractivity contribution in [3.8, 4) is 0 Å². The zero-order valence-corrected chi connectivity index (χ0v) is 14.2. The maximum absolute atomic E-state index is 12.7. The van der Waals surface area contributed by atoms with Gasteiger partial charge in [0.25, 0.3) is 5.91 Å². The molecule has 0 aliphatic carbocycles. The number of fused-ring (bicyclic) bond motifs is 1. The van der Waals surface area contributed by atoms with Crippen molar-refractivity contribution >= 4 is 16.9 Å². The van der Waals surface area contributed by atoms with Gasteiger partial charge in [-0.05, 0) is 37.6 Å². The van der Waals surface area contributed by atoms with Gasteiger partial charge in [0.1, 0.15) is 0 Å². The van der Waals surface area contributed by atoms with Gasteiger partial charge in [0.2, 0.25) is 0 Å². The Labute approximate surface area is 147 Å². The van der Waals surface area contributed by atoms with Crippen LogP contribution in [0.1, 0.15) is 41.4 Å². The van der Waals surface area contributed by atoms with Crippen LogP contribution in [0, 0.1) is 0 Å². The summed E-state index contributed by atoms with van der Waals surface area (Å²) in [6, 6.07) is 6.67. The van der Waals surface area contributed by atoms with E-state index in [0.29, 0.717) is 16.8 Å². The van der Waals surface area contributed by atoms with Gasteiger partial charge in [-0.3, -0.25) is 4.79 Å². The minimum Gasteiger partial charge on any atom is -0.348 e. The molecule has 26 heavy (non-hydrogen) atoms. The average Bonchev–Trinajstić information content (AvgIpc) is 3.02. The number of carbonyl (C=O) groups excluding carboxylic acids is 1. The van der Waals surface area contributed by atoms with Gasteiger partial charge >= 0.3 is 6.18 Å². The molecule has 0 bridgehead atoms. The number of halogens is 3. The van der Waals surface area contributed by atoms with Crippen molar-refractivity contribution in [1.82, 2.24) is 20.1 Å². The van der Waals surface area contributed by atoms with Crippen LogP contribution in [0.3, 0.4) is 0 Å². The molecule has 2 aromatic heterocycles. The summed E-state index contributed by atoms with van der Waals surface area (Å²) in [6.45, 7) is 3.94. The highest BCUT2D eigenvalue weighted by Crippen LogP contribution is 2.29. The smallest absolute Gasteiger partial charge is 0.348 e. The molecule has 0 radical (unpaired) electrons. The van der Waals surface area contributed by atoms with E-state index in [1.54, 1.807) is 16.9 Å². The standard InChI is InChI=1S/C18H17F3N4O/c1-11(2)25-16-13(10-24-25)7-14(9-22-16)17(26)23-8-12-4-3-5-15(6-12)18(19,20)21/h3-7,9-11H,8H2,1-2H3,(H,23,26). The first-order valence-electron chi connectivity index (χ1n) is 8.03. The minimum absolute atomic E-state index is 0.00789. The Bertz CT molecular complexity index is 947. The molecule has 2 heterocycles. The summed E-state index contributed by atoms with van der Waals surface area (Å²) >= 11 is 0. The molecule has 3 rings (SSSR count).